The molecule has 318 valence electrons. The van der Waals surface area contributed by atoms with Crippen LogP contribution in [0.15, 0.2) is 222 Å². The number of benzene rings is 9. The minimum absolute atomic E-state index is 0.204. The van der Waals surface area contributed by atoms with Gasteiger partial charge < -0.3 is 18.3 Å². The Labute approximate surface area is 386 Å². The molecule has 0 fully saturated rings. The van der Waals surface area contributed by atoms with E-state index in [9.17, 15) is 0 Å². The number of sulfone groups is 1. The van der Waals surface area contributed by atoms with Gasteiger partial charge in [-0.25, -0.2) is 8.42 Å². The van der Waals surface area contributed by atoms with E-state index in [4.69, 9.17) is 0 Å². The minimum atomic E-state index is -4.42. The van der Waals surface area contributed by atoms with E-state index in [1.807, 2.05) is 78.9 Å². The topological polar surface area (TPSA) is 53.9 Å². The molecule has 13 aromatic rings. The highest BCUT2D eigenvalue weighted by Gasteiger charge is 2.32. The highest BCUT2D eigenvalue weighted by atomic mass is 32.2. The molecule has 0 N–H and O–H groups in total. The molecule has 0 spiro atoms. The van der Waals surface area contributed by atoms with Crippen LogP contribution in [0.3, 0.4) is 0 Å². The molecule has 67 heavy (non-hydrogen) atoms. The van der Waals surface area contributed by atoms with E-state index in [-0.39, 0.29) is 9.79 Å². The molecule has 0 unspecified atom stereocenters. The molecule has 1 aliphatic carbocycles. The van der Waals surface area contributed by atoms with Gasteiger partial charge in [0.05, 0.1) is 54.9 Å². The zero-order chi connectivity index (χ0) is 44.4. The van der Waals surface area contributed by atoms with Gasteiger partial charge >= 0.3 is 0 Å². The van der Waals surface area contributed by atoms with Gasteiger partial charge in [0, 0.05) is 60.3 Å². The average molecular weight is 881 g/mol. The van der Waals surface area contributed by atoms with E-state index in [1.54, 1.807) is 0 Å². The van der Waals surface area contributed by atoms with Gasteiger partial charge in [-0.1, -0.05) is 146 Å². The number of fused-ring (bicyclic) bond motifs is 12. The Kier molecular flexibility index (Phi) is 8.10. The molecule has 0 saturated heterocycles. The van der Waals surface area contributed by atoms with Gasteiger partial charge in [0.15, 0.2) is 0 Å². The summed E-state index contributed by atoms with van der Waals surface area (Å²) >= 11 is 0. The highest BCUT2D eigenvalue weighted by molar-refractivity contribution is 7.91. The van der Waals surface area contributed by atoms with Gasteiger partial charge in [0.1, 0.15) is 4.90 Å². The smallest absolute Gasteiger partial charge is 0.210 e. The lowest BCUT2D eigenvalue weighted by Gasteiger charge is -2.21. The van der Waals surface area contributed by atoms with Crippen molar-refractivity contribution in [2.45, 2.75) is 22.6 Å². The zero-order valence-corrected chi connectivity index (χ0v) is 37.0. The molecule has 14 rings (SSSR count). The van der Waals surface area contributed by atoms with Crippen molar-refractivity contribution in [1.29, 1.82) is 0 Å². The monoisotopic (exact) mass is 880 g/mol. The van der Waals surface area contributed by atoms with Crippen LogP contribution < -0.4 is 0 Å². The second kappa shape index (κ2) is 14.3. The van der Waals surface area contributed by atoms with E-state index in [1.165, 1.54) is 11.3 Å². The fourth-order valence-electron chi connectivity index (χ4n) is 11.3. The maximum atomic E-state index is 16.9. The molecule has 4 aromatic heterocycles. The number of hydrogen-bond acceptors (Lipinski definition) is 2. The SMILES string of the molecule is O=S(=O)(c1cc(-n2c3c(c4ccccc42)C=CCC3)cc(-n2c3ccccc3c3ccccc32)c1)c1c(-n2c3ccccc3c3ccccc32)cccc1-n1c2ccccc2c2ccccc21. The molecule has 7 heteroatoms. The van der Waals surface area contributed by atoms with Gasteiger partial charge in [-0.05, 0) is 85.6 Å². The molecule has 0 amide bonds. The lowest BCUT2D eigenvalue weighted by molar-refractivity contribution is 0.595. The third-order valence-electron chi connectivity index (χ3n) is 14.0. The summed E-state index contributed by atoms with van der Waals surface area (Å²) in [6.07, 6.45) is 6.20. The summed E-state index contributed by atoms with van der Waals surface area (Å²) in [7, 11) is -4.42. The fourth-order valence-corrected chi connectivity index (χ4v) is 12.9. The van der Waals surface area contributed by atoms with Crippen LogP contribution in [-0.2, 0) is 16.3 Å². The van der Waals surface area contributed by atoms with Crippen LogP contribution in [0.1, 0.15) is 17.7 Å². The van der Waals surface area contributed by atoms with Crippen molar-refractivity contribution in [3.05, 3.63) is 224 Å². The van der Waals surface area contributed by atoms with Gasteiger partial charge in [-0.2, -0.15) is 0 Å². The Hall–Kier alpha value is -8.39. The molecule has 0 atom stereocenters. The van der Waals surface area contributed by atoms with Gasteiger partial charge in [-0.3, -0.25) is 0 Å². The lowest BCUT2D eigenvalue weighted by atomic mass is 10.0. The molecule has 1 aliphatic rings. The van der Waals surface area contributed by atoms with E-state index in [0.717, 1.165) is 101 Å². The molecule has 0 saturated carbocycles. The third kappa shape index (κ3) is 5.40. The van der Waals surface area contributed by atoms with Crippen LogP contribution in [0.4, 0.5) is 0 Å². The van der Waals surface area contributed by atoms with Crippen molar-refractivity contribution < 1.29 is 8.42 Å². The molecule has 0 bridgehead atoms. The summed E-state index contributed by atoms with van der Waals surface area (Å²) < 4.78 is 42.6. The summed E-state index contributed by atoms with van der Waals surface area (Å²) in [4.78, 5) is 0.427. The number of aromatic nitrogens is 4. The van der Waals surface area contributed by atoms with Gasteiger partial charge in [0.2, 0.25) is 9.84 Å². The second-order valence-corrected chi connectivity index (χ2v) is 19.5. The van der Waals surface area contributed by atoms with E-state index >= 15 is 8.42 Å². The molecule has 0 radical (unpaired) electrons. The third-order valence-corrected chi connectivity index (χ3v) is 15.8. The Balaban J connectivity index is 1.14. The molecule has 9 aromatic carbocycles. The average Bonchev–Trinajstić information content (AvgIpc) is 4.11. The first kappa shape index (κ1) is 37.9. The number of rotatable bonds is 6. The highest BCUT2D eigenvalue weighted by Crippen LogP contribution is 2.44. The van der Waals surface area contributed by atoms with Crippen LogP contribution in [0.25, 0.3) is 105 Å². The molecular formula is C60H40N4O2S. The number of nitrogens with zero attached hydrogens (tertiary/aromatic N) is 4. The van der Waals surface area contributed by atoms with Gasteiger partial charge in [-0.15, -0.1) is 0 Å². The Morgan fingerprint density at radius 2 is 0.716 bits per heavy atom. The van der Waals surface area contributed by atoms with Crippen LogP contribution in [0, 0.1) is 0 Å². The quantitative estimate of drug-likeness (QED) is 0.167. The van der Waals surface area contributed by atoms with Crippen molar-refractivity contribution in [3.8, 4) is 22.7 Å². The Morgan fingerprint density at radius 1 is 0.358 bits per heavy atom. The van der Waals surface area contributed by atoms with Crippen molar-refractivity contribution in [3.63, 3.8) is 0 Å². The lowest BCUT2D eigenvalue weighted by Crippen LogP contribution is -2.14. The number of allylic oxidation sites excluding steroid dienone is 1. The Morgan fingerprint density at radius 3 is 1.15 bits per heavy atom. The van der Waals surface area contributed by atoms with Gasteiger partial charge in [0.25, 0.3) is 0 Å². The second-order valence-electron chi connectivity index (χ2n) is 17.6. The van der Waals surface area contributed by atoms with E-state index in [0.29, 0.717) is 11.4 Å². The summed E-state index contributed by atoms with van der Waals surface area (Å²) in [5, 5.41) is 7.57. The Bertz CT molecular complexity index is 4080. The first-order valence-corrected chi connectivity index (χ1v) is 24.3. The van der Waals surface area contributed by atoms with Crippen LogP contribution in [-0.4, -0.2) is 26.7 Å². The van der Waals surface area contributed by atoms with Crippen molar-refractivity contribution in [2.24, 2.45) is 0 Å². The summed E-state index contributed by atoms with van der Waals surface area (Å²) in [6, 6.07) is 70.4. The fraction of sp³-hybridized carbons (Fsp3) is 0.0333. The largest absolute Gasteiger partial charge is 0.313 e. The number of hydrogen-bond donors (Lipinski definition) is 0. The minimum Gasteiger partial charge on any atom is -0.313 e. The van der Waals surface area contributed by atoms with Crippen molar-refractivity contribution in [1.82, 2.24) is 18.3 Å². The zero-order valence-electron chi connectivity index (χ0n) is 36.2. The van der Waals surface area contributed by atoms with E-state index < -0.39 is 9.84 Å². The van der Waals surface area contributed by atoms with Crippen LogP contribution in [0.5, 0.6) is 0 Å². The standard InChI is InChI=1S/C60H40N4O2S/c65-67(66,41-37-39(61-50-26-9-1-18-42(50)43-19-2-10-27-51(43)61)36-40(38-41)62-52-28-11-3-20-44(52)45-21-4-12-29-53(45)62)60-58(63-54-30-13-5-22-46(54)47-23-6-14-31-55(47)63)34-17-35-59(60)64-56-32-15-7-24-48(56)49-25-8-16-33-57(49)64/h1-11,13-28,30-38H,12,29H2. The van der Waals surface area contributed by atoms with E-state index in [2.05, 4.69) is 158 Å². The van der Waals surface area contributed by atoms with Crippen molar-refractivity contribution in [2.75, 3.05) is 0 Å². The summed E-state index contributed by atoms with van der Waals surface area (Å²) in [6.45, 7) is 0. The first-order valence-electron chi connectivity index (χ1n) is 22.8. The van der Waals surface area contributed by atoms with Crippen LogP contribution >= 0.6 is 0 Å². The summed E-state index contributed by atoms with van der Waals surface area (Å²) in [5.41, 5.74) is 11.8. The molecule has 4 heterocycles. The normalized spacial score (nSPS) is 13.0. The van der Waals surface area contributed by atoms with Crippen LogP contribution in [0.2, 0.25) is 0 Å². The molecule has 6 nitrogen and oxygen atoms in total. The maximum Gasteiger partial charge on any atom is 0.210 e. The maximum absolute atomic E-state index is 16.9. The predicted octanol–water partition coefficient (Wildman–Crippen LogP) is 14.7. The predicted molar refractivity (Wildman–Crippen MR) is 276 cm³/mol. The first-order chi connectivity index (χ1) is 33.0. The number of para-hydroxylation sites is 7. The van der Waals surface area contributed by atoms with Crippen molar-refractivity contribution >= 4 is 92.2 Å². The molecular weight excluding hydrogens is 841 g/mol. The summed E-state index contributed by atoms with van der Waals surface area (Å²) in [5.74, 6) is 0. The molecule has 0 aliphatic heterocycles.